The molecule has 0 spiro atoms. The number of carbonyl (C=O) groups is 1. The van der Waals surface area contributed by atoms with Crippen LogP contribution in [0.5, 0.6) is 5.75 Å². The van der Waals surface area contributed by atoms with Gasteiger partial charge in [0.15, 0.2) is 0 Å². The second-order valence-corrected chi connectivity index (χ2v) is 7.72. The highest BCUT2D eigenvalue weighted by molar-refractivity contribution is 9.11. The van der Waals surface area contributed by atoms with Gasteiger partial charge in [0.2, 0.25) is 0 Å². The molecule has 7 heteroatoms. The van der Waals surface area contributed by atoms with Gasteiger partial charge in [0, 0.05) is 48.4 Å². The molecule has 0 radical (unpaired) electrons. The third kappa shape index (κ3) is 4.74. The van der Waals surface area contributed by atoms with E-state index in [9.17, 15) is 9.90 Å². The number of piperazine rings is 1. The molecule has 0 unspecified atom stereocenters. The molecule has 0 saturated carbocycles. The van der Waals surface area contributed by atoms with Gasteiger partial charge in [0.25, 0.3) is 0 Å². The zero-order chi connectivity index (χ0) is 17.8. The molecule has 1 heterocycles. The first-order valence-corrected chi connectivity index (χ1v) is 9.62. The number of nitrogens with one attached hydrogen (secondary N) is 1. The number of nitrogens with zero attached hydrogens (tertiary/aromatic N) is 2. The number of hydrogen-bond donors (Lipinski definition) is 2. The first-order valence-electron chi connectivity index (χ1n) is 8.03. The van der Waals surface area contributed by atoms with Crippen molar-refractivity contribution in [3.63, 3.8) is 0 Å². The number of phenols is 1. The Kier molecular flexibility index (Phi) is 5.98. The summed E-state index contributed by atoms with van der Waals surface area (Å²) in [4.78, 5) is 16.4. The smallest absolute Gasteiger partial charge is 0.321 e. The van der Waals surface area contributed by atoms with Gasteiger partial charge in [0.05, 0.1) is 4.47 Å². The van der Waals surface area contributed by atoms with E-state index in [1.54, 1.807) is 0 Å². The lowest BCUT2D eigenvalue weighted by molar-refractivity contribution is 0.142. The van der Waals surface area contributed by atoms with Crippen LogP contribution in [-0.4, -0.2) is 47.1 Å². The maximum atomic E-state index is 12.3. The Bertz CT molecular complexity index is 747. The van der Waals surface area contributed by atoms with Crippen molar-refractivity contribution in [1.29, 1.82) is 0 Å². The van der Waals surface area contributed by atoms with E-state index in [1.165, 1.54) is 0 Å². The average Bonchev–Trinajstić information content (AvgIpc) is 2.60. The van der Waals surface area contributed by atoms with Crippen LogP contribution in [0.4, 0.5) is 10.5 Å². The molecule has 2 aromatic carbocycles. The molecule has 3 rings (SSSR count). The third-order valence-corrected chi connectivity index (χ3v) is 5.25. The van der Waals surface area contributed by atoms with Crippen molar-refractivity contribution in [3.05, 3.63) is 57.0 Å². The summed E-state index contributed by atoms with van der Waals surface area (Å²) in [5, 5.41) is 13.1. The van der Waals surface area contributed by atoms with E-state index >= 15 is 0 Å². The Morgan fingerprint density at radius 1 is 1.08 bits per heavy atom. The summed E-state index contributed by atoms with van der Waals surface area (Å²) < 4.78 is 1.60. The molecule has 2 N–H and O–H groups in total. The maximum Gasteiger partial charge on any atom is 0.321 e. The Hall–Kier alpha value is -1.57. The summed E-state index contributed by atoms with van der Waals surface area (Å²) >= 11 is 6.81. The largest absolute Gasteiger partial charge is 0.506 e. The average molecular weight is 469 g/mol. The van der Waals surface area contributed by atoms with Crippen LogP contribution in [0.2, 0.25) is 0 Å². The van der Waals surface area contributed by atoms with Gasteiger partial charge in [-0.15, -0.1) is 0 Å². The molecule has 1 saturated heterocycles. The van der Waals surface area contributed by atoms with Crippen LogP contribution in [0.3, 0.4) is 0 Å². The van der Waals surface area contributed by atoms with Crippen molar-refractivity contribution in [2.24, 2.45) is 0 Å². The highest BCUT2D eigenvalue weighted by Gasteiger charge is 2.22. The van der Waals surface area contributed by atoms with Gasteiger partial charge in [-0.05, 0) is 40.2 Å². The Labute approximate surface area is 163 Å². The number of para-hydroxylation sites is 1. The molecule has 2 aromatic rings. The maximum absolute atomic E-state index is 12.3. The Morgan fingerprint density at radius 3 is 2.44 bits per heavy atom. The van der Waals surface area contributed by atoms with Crippen LogP contribution in [0.15, 0.2) is 51.4 Å². The number of phenolic OH excluding ortho intramolecular Hbond substituents is 1. The van der Waals surface area contributed by atoms with Crippen LogP contribution >= 0.6 is 31.9 Å². The zero-order valence-corrected chi connectivity index (χ0v) is 16.8. The molecule has 0 aliphatic carbocycles. The van der Waals surface area contributed by atoms with Gasteiger partial charge in [0.1, 0.15) is 5.75 Å². The molecule has 25 heavy (non-hydrogen) atoms. The van der Waals surface area contributed by atoms with Crippen LogP contribution < -0.4 is 5.32 Å². The molecule has 132 valence electrons. The summed E-state index contributed by atoms with van der Waals surface area (Å²) in [6, 6.07) is 13.2. The van der Waals surface area contributed by atoms with Gasteiger partial charge >= 0.3 is 6.03 Å². The standard InChI is InChI=1S/C18H19Br2N3O2/c19-14-10-13(17(24)16(20)11-14)12-22-6-8-23(9-7-22)18(25)21-15-4-2-1-3-5-15/h1-5,10-11,24H,6-9,12H2,(H,21,25). The molecule has 1 aliphatic rings. The molecular weight excluding hydrogens is 450 g/mol. The predicted octanol–water partition coefficient (Wildman–Crippen LogP) is 4.27. The minimum absolute atomic E-state index is 0.0705. The fourth-order valence-electron chi connectivity index (χ4n) is 2.81. The first kappa shape index (κ1) is 18.2. The number of urea groups is 1. The number of amides is 2. The summed E-state index contributed by atoms with van der Waals surface area (Å²) in [5.74, 6) is 0.271. The van der Waals surface area contributed by atoms with E-state index in [0.29, 0.717) is 24.1 Å². The second kappa shape index (κ2) is 8.21. The zero-order valence-electron chi connectivity index (χ0n) is 13.6. The van der Waals surface area contributed by atoms with Gasteiger partial charge < -0.3 is 15.3 Å². The van der Waals surface area contributed by atoms with Gasteiger partial charge in [-0.2, -0.15) is 0 Å². The molecule has 1 aliphatic heterocycles. The minimum Gasteiger partial charge on any atom is -0.506 e. The quantitative estimate of drug-likeness (QED) is 0.707. The lowest BCUT2D eigenvalue weighted by Crippen LogP contribution is -2.49. The van der Waals surface area contributed by atoms with E-state index in [0.717, 1.165) is 28.8 Å². The van der Waals surface area contributed by atoms with E-state index < -0.39 is 0 Å². The third-order valence-electron chi connectivity index (χ3n) is 4.19. The fourth-order valence-corrected chi connectivity index (χ4v) is 4.13. The normalized spacial score (nSPS) is 15.2. The molecule has 0 aromatic heterocycles. The Morgan fingerprint density at radius 2 is 1.76 bits per heavy atom. The molecule has 1 fully saturated rings. The summed E-state index contributed by atoms with van der Waals surface area (Å²) in [7, 11) is 0. The highest BCUT2D eigenvalue weighted by atomic mass is 79.9. The van der Waals surface area contributed by atoms with Crippen molar-refractivity contribution in [1.82, 2.24) is 9.80 Å². The lowest BCUT2D eigenvalue weighted by atomic mass is 10.1. The van der Waals surface area contributed by atoms with Crippen molar-refractivity contribution in [2.45, 2.75) is 6.54 Å². The van der Waals surface area contributed by atoms with Crippen LogP contribution in [0, 0.1) is 0 Å². The number of benzene rings is 2. The molecule has 0 atom stereocenters. The molecule has 2 amide bonds. The number of carbonyl (C=O) groups excluding carboxylic acids is 1. The number of hydrogen-bond acceptors (Lipinski definition) is 3. The number of anilines is 1. The number of halogens is 2. The second-order valence-electron chi connectivity index (χ2n) is 5.95. The van der Waals surface area contributed by atoms with E-state index in [1.807, 2.05) is 47.4 Å². The number of rotatable bonds is 3. The summed E-state index contributed by atoms with van der Waals surface area (Å²) in [5.41, 5.74) is 1.67. The van der Waals surface area contributed by atoms with E-state index in [-0.39, 0.29) is 11.8 Å². The fraction of sp³-hybridized carbons (Fsp3) is 0.278. The van der Waals surface area contributed by atoms with Crippen molar-refractivity contribution in [3.8, 4) is 5.75 Å². The van der Waals surface area contributed by atoms with Crippen LogP contribution in [0.25, 0.3) is 0 Å². The molecule has 0 bridgehead atoms. The van der Waals surface area contributed by atoms with Crippen molar-refractivity contribution >= 4 is 43.6 Å². The van der Waals surface area contributed by atoms with Crippen molar-refractivity contribution < 1.29 is 9.90 Å². The van der Waals surface area contributed by atoms with E-state index in [4.69, 9.17) is 0 Å². The van der Waals surface area contributed by atoms with Gasteiger partial charge in [-0.1, -0.05) is 34.1 Å². The van der Waals surface area contributed by atoms with Gasteiger partial charge in [-0.3, -0.25) is 4.90 Å². The SMILES string of the molecule is O=C(Nc1ccccc1)N1CCN(Cc2cc(Br)cc(Br)c2O)CC1. The van der Waals surface area contributed by atoms with Crippen LogP contribution in [-0.2, 0) is 6.54 Å². The van der Waals surface area contributed by atoms with Crippen molar-refractivity contribution in [2.75, 3.05) is 31.5 Å². The predicted molar refractivity (Wildman–Crippen MR) is 106 cm³/mol. The number of aromatic hydroxyl groups is 1. The first-order chi connectivity index (χ1) is 12.0. The molecular formula is C18H19Br2N3O2. The molecule has 5 nitrogen and oxygen atoms in total. The highest BCUT2D eigenvalue weighted by Crippen LogP contribution is 2.32. The van der Waals surface area contributed by atoms with E-state index in [2.05, 4.69) is 42.1 Å². The summed E-state index contributed by atoms with van der Waals surface area (Å²) in [6.45, 7) is 3.51. The summed E-state index contributed by atoms with van der Waals surface area (Å²) in [6.07, 6.45) is 0. The Balaban J connectivity index is 1.54. The minimum atomic E-state index is -0.0705. The van der Waals surface area contributed by atoms with Crippen LogP contribution in [0.1, 0.15) is 5.56 Å². The topological polar surface area (TPSA) is 55.8 Å². The lowest BCUT2D eigenvalue weighted by Gasteiger charge is -2.34. The van der Waals surface area contributed by atoms with Gasteiger partial charge in [-0.25, -0.2) is 4.79 Å². The monoisotopic (exact) mass is 467 g/mol.